The number of nitrogens with two attached hydrogens (primary N) is 1. The van der Waals surface area contributed by atoms with Crippen molar-refractivity contribution < 1.29 is 13.2 Å². The maximum atomic E-state index is 12.8. The van der Waals surface area contributed by atoms with Gasteiger partial charge in [-0.2, -0.15) is 4.31 Å². The smallest absolute Gasteiger partial charge is 0.243 e. The Balaban J connectivity index is 2.40. The van der Waals surface area contributed by atoms with Crippen molar-refractivity contribution in [2.45, 2.75) is 37.1 Å². The van der Waals surface area contributed by atoms with E-state index in [-0.39, 0.29) is 10.8 Å². The number of anilines is 1. The Morgan fingerprint density at radius 2 is 2.10 bits per heavy atom. The van der Waals surface area contributed by atoms with Crippen LogP contribution in [0.2, 0.25) is 0 Å². The van der Waals surface area contributed by atoms with Crippen LogP contribution in [0.15, 0.2) is 23.1 Å². The van der Waals surface area contributed by atoms with Crippen LogP contribution in [0, 0.1) is 6.92 Å². The lowest BCUT2D eigenvalue weighted by Gasteiger charge is -2.33. The first-order valence-electron chi connectivity index (χ1n) is 6.97. The molecule has 0 spiro atoms. The van der Waals surface area contributed by atoms with Crippen molar-refractivity contribution in [1.29, 1.82) is 0 Å². The largest absolute Gasteiger partial charge is 0.398 e. The van der Waals surface area contributed by atoms with Crippen molar-refractivity contribution in [2.75, 3.05) is 19.3 Å². The highest BCUT2D eigenvalue weighted by Gasteiger charge is 2.37. The first kappa shape index (κ1) is 15.8. The van der Waals surface area contributed by atoms with E-state index in [9.17, 15) is 13.2 Å². The number of sulfonamides is 1. The molecule has 1 aromatic rings. The Bertz CT molecular complexity index is 643. The van der Waals surface area contributed by atoms with Crippen molar-refractivity contribution in [1.82, 2.24) is 9.62 Å². The van der Waals surface area contributed by atoms with Crippen LogP contribution in [-0.4, -0.2) is 38.3 Å². The Morgan fingerprint density at radius 3 is 2.71 bits per heavy atom. The molecular formula is C14H21N3O3S. The highest BCUT2D eigenvalue weighted by Crippen LogP contribution is 2.27. The number of piperidine rings is 1. The molecule has 1 unspecified atom stereocenters. The van der Waals surface area contributed by atoms with Crippen molar-refractivity contribution >= 4 is 21.6 Å². The molecule has 1 aromatic carbocycles. The Labute approximate surface area is 125 Å². The Morgan fingerprint density at radius 1 is 1.38 bits per heavy atom. The van der Waals surface area contributed by atoms with E-state index < -0.39 is 16.1 Å². The van der Waals surface area contributed by atoms with Crippen LogP contribution in [0.1, 0.15) is 24.8 Å². The second-order valence-corrected chi connectivity index (χ2v) is 7.15. The minimum absolute atomic E-state index is 0.140. The molecular weight excluding hydrogens is 290 g/mol. The van der Waals surface area contributed by atoms with Gasteiger partial charge in [0.2, 0.25) is 15.9 Å². The molecule has 1 fully saturated rings. The van der Waals surface area contributed by atoms with Gasteiger partial charge in [0, 0.05) is 19.3 Å². The molecule has 21 heavy (non-hydrogen) atoms. The molecule has 1 heterocycles. The molecule has 1 saturated heterocycles. The Kier molecular flexibility index (Phi) is 4.53. The molecule has 6 nitrogen and oxygen atoms in total. The number of amides is 1. The maximum absolute atomic E-state index is 12.8. The number of nitrogens with zero attached hydrogens (tertiary/aromatic N) is 1. The molecule has 1 aliphatic rings. The van der Waals surface area contributed by atoms with Gasteiger partial charge >= 0.3 is 0 Å². The van der Waals surface area contributed by atoms with E-state index in [4.69, 9.17) is 5.73 Å². The maximum Gasteiger partial charge on any atom is 0.243 e. The van der Waals surface area contributed by atoms with Gasteiger partial charge in [-0.05, 0) is 37.5 Å². The van der Waals surface area contributed by atoms with Crippen LogP contribution < -0.4 is 11.1 Å². The van der Waals surface area contributed by atoms with E-state index in [0.29, 0.717) is 18.7 Å². The van der Waals surface area contributed by atoms with Crippen LogP contribution in [-0.2, 0) is 14.8 Å². The summed E-state index contributed by atoms with van der Waals surface area (Å²) in [6, 6.07) is 4.04. The molecule has 0 saturated carbocycles. The van der Waals surface area contributed by atoms with Gasteiger partial charge in [0.25, 0.3) is 0 Å². The lowest BCUT2D eigenvalue weighted by Crippen LogP contribution is -2.51. The van der Waals surface area contributed by atoms with Crippen molar-refractivity contribution in [3.8, 4) is 0 Å². The van der Waals surface area contributed by atoms with Crippen molar-refractivity contribution in [3.05, 3.63) is 23.8 Å². The summed E-state index contributed by atoms with van der Waals surface area (Å²) < 4.78 is 26.8. The SMILES string of the molecule is CNC(=O)C1CCCCN1S(=O)(=O)c1ccc(C)c(N)c1. The fourth-order valence-corrected chi connectivity index (χ4v) is 4.23. The van der Waals surface area contributed by atoms with E-state index >= 15 is 0 Å². The quantitative estimate of drug-likeness (QED) is 0.810. The summed E-state index contributed by atoms with van der Waals surface area (Å²) in [6.45, 7) is 2.17. The number of hydrogen-bond acceptors (Lipinski definition) is 4. The van der Waals surface area contributed by atoms with E-state index in [2.05, 4.69) is 5.32 Å². The minimum atomic E-state index is -3.71. The number of likely N-dealkylation sites (N-methyl/N-ethyl adjacent to an activating group) is 1. The zero-order chi connectivity index (χ0) is 15.6. The number of benzene rings is 1. The van der Waals surface area contributed by atoms with Crippen LogP contribution in [0.5, 0.6) is 0 Å². The molecule has 2 rings (SSSR count). The highest BCUT2D eigenvalue weighted by atomic mass is 32.2. The van der Waals surface area contributed by atoms with Gasteiger partial charge in [0.1, 0.15) is 6.04 Å². The molecule has 0 radical (unpaired) electrons. The summed E-state index contributed by atoms with van der Waals surface area (Å²) in [4.78, 5) is 12.1. The van der Waals surface area contributed by atoms with Crippen molar-refractivity contribution in [3.63, 3.8) is 0 Å². The summed E-state index contributed by atoms with van der Waals surface area (Å²) in [5.41, 5.74) is 7.07. The molecule has 0 bridgehead atoms. The van der Waals surface area contributed by atoms with E-state index in [1.807, 2.05) is 6.92 Å². The number of aryl methyl sites for hydroxylation is 1. The molecule has 116 valence electrons. The molecule has 7 heteroatoms. The van der Waals surface area contributed by atoms with E-state index in [1.165, 1.54) is 23.5 Å². The molecule has 0 aromatic heterocycles. The number of nitrogens with one attached hydrogen (secondary N) is 1. The second kappa shape index (κ2) is 6.03. The van der Waals surface area contributed by atoms with Crippen LogP contribution in [0.25, 0.3) is 0 Å². The summed E-state index contributed by atoms with van der Waals surface area (Å²) in [5.74, 6) is -0.265. The summed E-state index contributed by atoms with van der Waals surface area (Å²) in [5, 5.41) is 2.54. The Hall–Kier alpha value is -1.60. The number of carbonyl (C=O) groups excluding carboxylic acids is 1. The topological polar surface area (TPSA) is 92.5 Å². The molecule has 3 N–H and O–H groups in total. The summed E-state index contributed by atoms with van der Waals surface area (Å²) in [7, 11) is -2.19. The van der Waals surface area contributed by atoms with Crippen LogP contribution in [0.4, 0.5) is 5.69 Å². The average molecular weight is 311 g/mol. The lowest BCUT2D eigenvalue weighted by molar-refractivity contribution is -0.125. The van der Waals surface area contributed by atoms with Gasteiger partial charge in [0.05, 0.1) is 4.90 Å². The van der Waals surface area contributed by atoms with Gasteiger partial charge in [-0.1, -0.05) is 12.5 Å². The highest BCUT2D eigenvalue weighted by molar-refractivity contribution is 7.89. The van der Waals surface area contributed by atoms with E-state index in [0.717, 1.165) is 18.4 Å². The first-order valence-corrected chi connectivity index (χ1v) is 8.41. The first-order chi connectivity index (χ1) is 9.87. The molecule has 0 aliphatic carbocycles. The van der Waals surface area contributed by atoms with Crippen LogP contribution >= 0.6 is 0 Å². The lowest BCUT2D eigenvalue weighted by atomic mass is 10.0. The number of nitrogen functional groups attached to an aromatic ring is 1. The van der Waals surface area contributed by atoms with Gasteiger partial charge < -0.3 is 11.1 Å². The van der Waals surface area contributed by atoms with E-state index in [1.54, 1.807) is 6.07 Å². The summed E-state index contributed by atoms with van der Waals surface area (Å²) in [6.07, 6.45) is 2.15. The average Bonchev–Trinajstić information content (AvgIpc) is 2.49. The number of hydrogen-bond donors (Lipinski definition) is 2. The third-order valence-electron chi connectivity index (χ3n) is 3.86. The fourth-order valence-electron chi connectivity index (χ4n) is 2.54. The fraction of sp³-hybridized carbons (Fsp3) is 0.500. The predicted molar refractivity (Wildman–Crippen MR) is 81.2 cm³/mol. The standard InChI is InChI=1S/C14H21N3O3S/c1-10-6-7-11(9-12(10)15)21(19,20)17-8-4-3-5-13(17)14(18)16-2/h6-7,9,13H,3-5,8,15H2,1-2H3,(H,16,18). The molecule has 1 aliphatic heterocycles. The third kappa shape index (κ3) is 3.03. The number of carbonyl (C=O) groups is 1. The monoisotopic (exact) mass is 311 g/mol. The third-order valence-corrected chi connectivity index (χ3v) is 5.76. The second-order valence-electron chi connectivity index (χ2n) is 5.26. The predicted octanol–water partition coefficient (Wildman–Crippen LogP) is 0.866. The van der Waals surface area contributed by atoms with Gasteiger partial charge in [-0.25, -0.2) is 8.42 Å². The minimum Gasteiger partial charge on any atom is -0.398 e. The molecule has 1 atom stereocenters. The van der Waals surface area contributed by atoms with Gasteiger partial charge in [-0.3, -0.25) is 4.79 Å². The van der Waals surface area contributed by atoms with Crippen LogP contribution in [0.3, 0.4) is 0 Å². The van der Waals surface area contributed by atoms with Gasteiger partial charge in [0.15, 0.2) is 0 Å². The number of rotatable bonds is 3. The van der Waals surface area contributed by atoms with Gasteiger partial charge in [-0.15, -0.1) is 0 Å². The zero-order valence-corrected chi connectivity index (χ0v) is 13.1. The van der Waals surface area contributed by atoms with Crippen molar-refractivity contribution in [2.24, 2.45) is 0 Å². The zero-order valence-electron chi connectivity index (χ0n) is 12.3. The normalized spacial score (nSPS) is 20.2. The molecule has 1 amide bonds. The summed E-state index contributed by atoms with van der Waals surface area (Å²) >= 11 is 0.